The summed E-state index contributed by atoms with van der Waals surface area (Å²) in [5, 5.41) is 0. The summed E-state index contributed by atoms with van der Waals surface area (Å²) < 4.78 is 2.51. The number of rotatable bonds is 3. The molecule has 0 saturated carbocycles. The van der Waals surface area contributed by atoms with Gasteiger partial charge < -0.3 is 4.48 Å². The summed E-state index contributed by atoms with van der Waals surface area (Å²) in [6, 6.07) is 13.8. The first-order chi connectivity index (χ1) is 12.2. The Bertz CT molecular complexity index is 855. The van der Waals surface area contributed by atoms with E-state index in [0.717, 1.165) is 0 Å². The summed E-state index contributed by atoms with van der Waals surface area (Å²) in [5.74, 6) is 0. The summed E-state index contributed by atoms with van der Waals surface area (Å²) in [4.78, 5) is 0. The molecule has 0 N–H and O–H groups in total. The van der Waals surface area contributed by atoms with Crippen molar-refractivity contribution >= 4 is 17.8 Å². The molecule has 0 unspecified atom stereocenters. The van der Waals surface area contributed by atoms with Crippen molar-refractivity contribution in [2.24, 2.45) is 0 Å². The van der Waals surface area contributed by atoms with Crippen LogP contribution in [0.3, 0.4) is 0 Å². The first kappa shape index (κ1) is 18.6. The van der Waals surface area contributed by atoms with Crippen LogP contribution < -0.4 is 10.9 Å². The standard InChI is InChI=1S/C24H30BN/c1-15-11-17(3)23(18(4)12-15)25(26-21(7)9-10-22(26)8)24-19(5)13-16(2)14-20(24)6/h9-14H,1-8H3. The fraction of sp³-hybridized carbons (Fsp3) is 0.333. The maximum atomic E-state index is 2.51. The van der Waals surface area contributed by atoms with Gasteiger partial charge in [0.15, 0.2) is 0 Å². The summed E-state index contributed by atoms with van der Waals surface area (Å²) in [7, 11) is 0. The smallest absolute Gasteiger partial charge is 0.328 e. The van der Waals surface area contributed by atoms with Gasteiger partial charge in [-0.05, 0) is 78.4 Å². The minimum Gasteiger partial charge on any atom is -0.384 e. The number of hydrogen-bond donors (Lipinski definition) is 0. The average molecular weight is 343 g/mol. The van der Waals surface area contributed by atoms with Crippen LogP contribution >= 0.6 is 0 Å². The fourth-order valence-corrected chi connectivity index (χ4v) is 4.73. The van der Waals surface area contributed by atoms with Gasteiger partial charge in [0.1, 0.15) is 0 Å². The van der Waals surface area contributed by atoms with Crippen molar-refractivity contribution in [3.63, 3.8) is 0 Å². The minimum absolute atomic E-state index is 0.214. The van der Waals surface area contributed by atoms with E-state index in [1.54, 1.807) is 0 Å². The molecule has 3 rings (SSSR count). The van der Waals surface area contributed by atoms with Gasteiger partial charge >= 0.3 is 6.85 Å². The lowest BCUT2D eigenvalue weighted by molar-refractivity contribution is 1.06. The van der Waals surface area contributed by atoms with Gasteiger partial charge in [-0.15, -0.1) is 0 Å². The molecule has 0 amide bonds. The Hall–Kier alpha value is -2.22. The topological polar surface area (TPSA) is 4.93 Å². The highest BCUT2D eigenvalue weighted by atomic mass is 14.9. The van der Waals surface area contributed by atoms with Crippen molar-refractivity contribution in [2.45, 2.75) is 55.4 Å². The van der Waals surface area contributed by atoms with E-state index >= 15 is 0 Å². The molecule has 26 heavy (non-hydrogen) atoms. The van der Waals surface area contributed by atoms with Crippen molar-refractivity contribution in [1.29, 1.82) is 0 Å². The van der Waals surface area contributed by atoms with Crippen molar-refractivity contribution < 1.29 is 0 Å². The number of aromatic nitrogens is 1. The third kappa shape index (κ3) is 3.14. The number of hydrogen-bond acceptors (Lipinski definition) is 0. The highest BCUT2D eigenvalue weighted by Gasteiger charge is 2.30. The van der Waals surface area contributed by atoms with Gasteiger partial charge in [0.25, 0.3) is 0 Å². The van der Waals surface area contributed by atoms with Crippen LogP contribution in [0.5, 0.6) is 0 Å². The third-order valence-corrected chi connectivity index (χ3v) is 5.61. The molecule has 2 heteroatoms. The van der Waals surface area contributed by atoms with E-state index in [1.165, 1.54) is 55.7 Å². The van der Waals surface area contributed by atoms with Crippen LogP contribution in [0.25, 0.3) is 0 Å². The van der Waals surface area contributed by atoms with Crippen molar-refractivity contribution in [1.82, 2.24) is 4.48 Å². The van der Waals surface area contributed by atoms with Crippen LogP contribution in [0.4, 0.5) is 0 Å². The molecule has 0 atom stereocenters. The van der Waals surface area contributed by atoms with Gasteiger partial charge in [-0.2, -0.15) is 0 Å². The number of aryl methyl sites for hydroxylation is 8. The third-order valence-electron chi connectivity index (χ3n) is 5.61. The SMILES string of the molecule is Cc1cc(C)c(B(c2c(C)cc(C)cc2C)n2c(C)ccc2C)c(C)c1. The lowest BCUT2D eigenvalue weighted by Gasteiger charge is -2.27. The second-order valence-corrected chi connectivity index (χ2v) is 8.01. The van der Waals surface area contributed by atoms with E-state index in [9.17, 15) is 0 Å². The molecular formula is C24H30BN. The second kappa shape index (κ2) is 6.83. The van der Waals surface area contributed by atoms with E-state index in [2.05, 4.69) is 96.3 Å². The highest BCUT2D eigenvalue weighted by Crippen LogP contribution is 2.17. The number of benzene rings is 2. The molecule has 0 spiro atoms. The van der Waals surface area contributed by atoms with E-state index in [4.69, 9.17) is 0 Å². The van der Waals surface area contributed by atoms with Gasteiger partial charge in [-0.25, -0.2) is 0 Å². The van der Waals surface area contributed by atoms with Crippen LogP contribution in [0, 0.1) is 55.4 Å². The largest absolute Gasteiger partial charge is 0.384 e. The van der Waals surface area contributed by atoms with Gasteiger partial charge in [-0.3, -0.25) is 0 Å². The molecule has 0 saturated heterocycles. The number of nitrogens with zero attached hydrogens (tertiary/aromatic N) is 1. The molecule has 0 fully saturated rings. The summed E-state index contributed by atoms with van der Waals surface area (Å²) in [5.41, 5.74) is 13.7. The maximum absolute atomic E-state index is 2.51. The lowest BCUT2D eigenvalue weighted by atomic mass is 9.46. The molecule has 1 heterocycles. The fourth-order valence-electron chi connectivity index (χ4n) is 4.73. The molecule has 0 aliphatic heterocycles. The molecule has 1 nitrogen and oxygen atoms in total. The molecule has 0 bridgehead atoms. The van der Waals surface area contributed by atoms with Crippen molar-refractivity contribution in [2.75, 3.05) is 0 Å². The molecule has 3 aromatic rings. The van der Waals surface area contributed by atoms with Crippen LogP contribution in [0.2, 0.25) is 0 Å². The molecular weight excluding hydrogens is 313 g/mol. The monoisotopic (exact) mass is 343 g/mol. The molecule has 0 aliphatic carbocycles. The highest BCUT2D eigenvalue weighted by molar-refractivity contribution is 6.85. The summed E-state index contributed by atoms with van der Waals surface area (Å²) in [6.07, 6.45) is 0. The second-order valence-electron chi connectivity index (χ2n) is 8.01. The molecule has 134 valence electrons. The Morgan fingerprint density at radius 1 is 0.538 bits per heavy atom. The Morgan fingerprint density at radius 2 is 0.846 bits per heavy atom. The quantitative estimate of drug-likeness (QED) is 0.612. The molecule has 0 radical (unpaired) electrons. The molecule has 1 aromatic heterocycles. The zero-order valence-electron chi connectivity index (χ0n) is 17.5. The normalized spacial score (nSPS) is 11.1. The van der Waals surface area contributed by atoms with Gasteiger partial charge in [0, 0.05) is 11.4 Å². The van der Waals surface area contributed by atoms with E-state index in [0.29, 0.717) is 0 Å². The Morgan fingerprint density at radius 3 is 1.15 bits per heavy atom. The van der Waals surface area contributed by atoms with Crippen LogP contribution in [-0.4, -0.2) is 11.3 Å². The Kier molecular flexibility index (Phi) is 4.88. The predicted molar refractivity (Wildman–Crippen MR) is 116 cm³/mol. The maximum Gasteiger partial charge on any atom is 0.328 e. The predicted octanol–water partition coefficient (Wildman–Crippen LogP) is 4.61. The van der Waals surface area contributed by atoms with Crippen molar-refractivity contribution in [3.05, 3.63) is 81.2 Å². The first-order valence-corrected chi connectivity index (χ1v) is 9.50. The zero-order chi connectivity index (χ0) is 19.2. The first-order valence-electron chi connectivity index (χ1n) is 9.50. The van der Waals surface area contributed by atoms with Gasteiger partial charge in [0.2, 0.25) is 0 Å². The Labute approximate surface area is 159 Å². The summed E-state index contributed by atoms with van der Waals surface area (Å²) >= 11 is 0. The Balaban J connectivity index is 2.41. The zero-order valence-corrected chi connectivity index (χ0v) is 17.5. The lowest BCUT2D eigenvalue weighted by Crippen LogP contribution is -2.53. The average Bonchev–Trinajstić information content (AvgIpc) is 2.82. The molecule has 2 aromatic carbocycles. The van der Waals surface area contributed by atoms with Gasteiger partial charge in [0.05, 0.1) is 0 Å². The van der Waals surface area contributed by atoms with Crippen LogP contribution in [0.1, 0.15) is 44.8 Å². The van der Waals surface area contributed by atoms with Gasteiger partial charge in [-0.1, -0.05) is 57.6 Å². The summed E-state index contributed by atoms with van der Waals surface area (Å²) in [6.45, 7) is 18.1. The van der Waals surface area contributed by atoms with Crippen LogP contribution in [-0.2, 0) is 0 Å². The van der Waals surface area contributed by atoms with E-state index < -0.39 is 0 Å². The minimum atomic E-state index is 0.214. The molecule has 0 aliphatic rings. The van der Waals surface area contributed by atoms with E-state index in [-0.39, 0.29) is 6.85 Å². The van der Waals surface area contributed by atoms with Crippen molar-refractivity contribution in [3.8, 4) is 0 Å². The van der Waals surface area contributed by atoms with Crippen LogP contribution in [0.15, 0.2) is 36.4 Å². The van der Waals surface area contributed by atoms with E-state index in [1.807, 2.05) is 0 Å².